The molecular formula is C13H22BrO3P. The van der Waals surface area contributed by atoms with Crippen LogP contribution in [0, 0.1) is 0 Å². The summed E-state index contributed by atoms with van der Waals surface area (Å²) >= 11 is 3.70. The van der Waals surface area contributed by atoms with Gasteiger partial charge in [0.15, 0.2) is 0 Å². The fourth-order valence-corrected chi connectivity index (χ4v) is 5.77. The van der Waals surface area contributed by atoms with Gasteiger partial charge in [0.05, 0.1) is 0 Å². The third kappa shape index (κ3) is 4.01. The van der Waals surface area contributed by atoms with E-state index in [4.69, 9.17) is 13.6 Å². The average Bonchev–Trinajstić information content (AvgIpc) is 2.39. The van der Waals surface area contributed by atoms with E-state index in [0.29, 0.717) is 19.8 Å². The van der Waals surface area contributed by atoms with E-state index in [0.717, 1.165) is 5.56 Å². The molecule has 0 N–H and O–H groups in total. The molecule has 0 aliphatic heterocycles. The van der Waals surface area contributed by atoms with Crippen molar-refractivity contribution in [3.63, 3.8) is 0 Å². The molecule has 0 saturated heterocycles. The molecule has 1 aromatic carbocycles. The van der Waals surface area contributed by atoms with Crippen molar-refractivity contribution in [2.45, 2.75) is 25.3 Å². The van der Waals surface area contributed by atoms with Gasteiger partial charge in [-0.2, -0.15) is 0 Å². The van der Waals surface area contributed by atoms with Crippen LogP contribution in [0.2, 0.25) is 0 Å². The standard InChI is InChI=1S/C13H22BrO3P/c1-4-15-18(16-5-2,17-6-3)13(14)12-10-8-7-9-11-12/h7-11,13,18H,4-6H2,1-3H3. The fraction of sp³-hybridized carbons (Fsp3) is 0.538. The van der Waals surface area contributed by atoms with Crippen LogP contribution in [0.3, 0.4) is 0 Å². The molecule has 18 heavy (non-hydrogen) atoms. The summed E-state index contributed by atoms with van der Waals surface area (Å²) < 4.78 is 17.6. The Kier molecular flexibility index (Phi) is 7.35. The Bertz CT molecular complexity index is 317. The molecule has 0 spiro atoms. The fourth-order valence-electron chi connectivity index (χ4n) is 1.77. The summed E-state index contributed by atoms with van der Waals surface area (Å²) in [5, 5.41) is 0. The minimum absolute atomic E-state index is 0.0361. The number of halogens is 1. The first-order valence-electron chi connectivity index (χ1n) is 6.31. The summed E-state index contributed by atoms with van der Waals surface area (Å²) in [7, 11) is -2.72. The molecule has 1 aromatic rings. The molecule has 0 bridgehead atoms. The van der Waals surface area contributed by atoms with E-state index < -0.39 is 7.94 Å². The first-order valence-corrected chi connectivity index (χ1v) is 9.02. The molecule has 3 nitrogen and oxygen atoms in total. The van der Waals surface area contributed by atoms with Gasteiger partial charge >= 0.3 is 118 Å². The molecule has 1 unspecified atom stereocenters. The summed E-state index contributed by atoms with van der Waals surface area (Å²) in [5.74, 6) is 0. The maximum absolute atomic E-state index is 5.87. The summed E-state index contributed by atoms with van der Waals surface area (Å²) in [6.07, 6.45) is 0. The van der Waals surface area contributed by atoms with Gasteiger partial charge in [0.25, 0.3) is 0 Å². The van der Waals surface area contributed by atoms with Crippen LogP contribution in [0.15, 0.2) is 30.3 Å². The van der Waals surface area contributed by atoms with Crippen molar-refractivity contribution >= 4 is 23.9 Å². The monoisotopic (exact) mass is 336 g/mol. The van der Waals surface area contributed by atoms with Gasteiger partial charge in [-0.25, -0.2) is 0 Å². The molecule has 0 saturated carbocycles. The van der Waals surface area contributed by atoms with Crippen molar-refractivity contribution in [3.8, 4) is 0 Å². The number of benzene rings is 1. The van der Waals surface area contributed by atoms with Gasteiger partial charge in [-0.15, -0.1) is 0 Å². The van der Waals surface area contributed by atoms with E-state index in [1.165, 1.54) is 0 Å². The third-order valence-corrected chi connectivity index (χ3v) is 7.68. The van der Waals surface area contributed by atoms with Crippen LogP contribution >= 0.6 is 23.9 Å². The van der Waals surface area contributed by atoms with Crippen LogP contribution < -0.4 is 0 Å². The molecule has 5 heteroatoms. The van der Waals surface area contributed by atoms with Gasteiger partial charge in [-0.05, 0) is 0 Å². The van der Waals surface area contributed by atoms with Crippen molar-refractivity contribution in [2.24, 2.45) is 0 Å². The predicted octanol–water partition coefficient (Wildman–Crippen LogP) is 4.68. The summed E-state index contributed by atoms with van der Waals surface area (Å²) in [6, 6.07) is 10.1. The van der Waals surface area contributed by atoms with Gasteiger partial charge in [-0.3, -0.25) is 0 Å². The van der Waals surface area contributed by atoms with E-state index in [2.05, 4.69) is 28.1 Å². The molecule has 1 rings (SSSR count). The van der Waals surface area contributed by atoms with E-state index in [1.807, 2.05) is 39.0 Å². The second kappa shape index (κ2) is 8.23. The average molecular weight is 337 g/mol. The summed E-state index contributed by atoms with van der Waals surface area (Å²) in [4.78, 5) is 0. The summed E-state index contributed by atoms with van der Waals surface area (Å²) in [5.41, 5.74) is 1.12. The van der Waals surface area contributed by atoms with Gasteiger partial charge in [0.2, 0.25) is 0 Å². The van der Waals surface area contributed by atoms with E-state index in [-0.39, 0.29) is 4.57 Å². The molecule has 104 valence electrons. The van der Waals surface area contributed by atoms with Gasteiger partial charge in [0.1, 0.15) is 0 Å². The van der Waals surface area contributed by atoms with E-state index in [1.54, 1.807) is 0 Å². The van der Waals surface area contributed by atoms with Crippen molar-refractivity contribution in [1.29, 1.82) is 0 Å². The number of hydrogen-bond acceptors (Lipinski definition) is 3. The minimum atomic E-state index is -2.72. The van der Waals surface area contributed by atoms with Gasteiger partial charge in [0, 0.05) is 0 Å². The second-order valence-electron chi connectivity index (χ2n) is 3.68. The molecule has 0 radical (unpaired) electrons. The second-order valence-corrected chi connectivity index (χ2v) is 8.09. The van der Waals surface area contributed by atoms with Crippen LogP contribution in [-0.4, -0.2) is 19.8 Å². The molecule has 0 aliphatic carbocycles. The van der Waals surface area contributed by atoms with Crippen molar-refractivity contribution in [1.82, 2.24) is 0 Å². The van der Waals surface area contributed by atoms with E-state index in [9.17, 15) is 0 Å². The Balaban J connectivity index is 2.99. The van der Waals surface area contributed by atoms with Crippen molar-refractivity contribution < 1.29 is 13.6 Å². The maximum atomic E-state index is 5.87. The first-order chi connectivity index (χ1) is 8.70. The topological polar surface area (TPSA) is 27.7 Å². The Hall–Kier alpha value is 0.0100. The van der Waals surface area contributed by atoms with Gasteiger partial charge in [-0.1, -0.05) is 0 Å². The Morgan fingerprint density at radius 2 is 1.39 bits per heavy atom. The molecule has 1 atom stereocenters. The Morgan fingerprint density at radius 3 is 1.78 bits per heavy atom. The van der Waals surface area contributed by atoms with Crippen LogP contribution in [-0.2, 0) is 13.6 Å². The number of hydrogen-bond donors (Lipinski definition) is 0. The zero-order valence-corrected chi connectivity index (χ0v) is 13.8. The van der Waals surface area contributed by atoms with Crippen molar-refractivity contribution in [3.05, 3.63) is 35.9 Å². The Morgan fingerprint density at radius 1 is 0.944 bits per heavy atom. The molecule has 0 aliphatic rings. The van der Waals surface area contributed by atoms with Crippen LogP contribution in [0.5, 0.6) is 0 Å². The number of rotatable bonds is 8. The molecule has 0 amide bonds. The first kappa shape index (κ1) is 16.1. The van der Waals surface area contributed by atoms with Crippen molar-refractivity contribution in [2.75, 3.05) is 19.8 Å². The molecule has 0 heterocycles. The zero-order chi connectivity index (χ0) is 13.4. The quantitative estimate of drug-likeness (QED) is 0.509. The zero-order valence-electron chi connectivity index (χ0n) is 11.2. The third-order valence-electron chi connectivity index (χ3n) is 2.44. The molecular weight excluding hydrogens is 315 g/mol. The van der Waals surface area contributed by atoms with E-state index >= 15 is 0 Å². The Labute approximate surface area is 119 Å². The summed E-state index contributed by atoms with van der Waals surface area (Å²) in [6.45, 7) is 7.64. The van der Waals surface area contributed by atoms with Gasteiger partial charge < -0.3 is 0 Å². The number of alkyl halides is 1. The van der Waals surface area contributed by atoms with Crippen LogP contribution in [0.4, 0.5) is 0 Å². The SMILES string of the molecule is CCO[PH](OCC)(OCC)C(Br)c1ccccc1. The normalized spacial score (nSPS) is 14.4. The van der Waals surface area contributed by atoms with Crippen LogP contribution in [0.1, 0.15) is 30.9 Å². The molecule has 0 aromatic heterocycles. The predicted molar refractivity (Wildman–Crippen MR) is 81.3 cm³/mol. The van der Waals surface area contributed by atoms with Crippen LogP contribution in [0.25, 0.3) is 0 Å². The molecule has 0 fully saturated rings.